The second-order valence-electron chi connectivity index (χ2n) is 4.17. The number of ether oxygens (including phenoxy) is 1. The van der Waals surface area contributed by atoms with Crippen molar-refractivity contribution >= 4 is 36.9 Å². The maximum atomic E-state index is 5.96. The number of rotatable bonds is 3. The standard InChI is InChI=1S/C15H13ClN2O.CH4.BHS/c1-2-19-13-5-3-11(4-6-13)14-10-17-15-9-12(16)7-8-18(14)15;;1-2/h3-10H,2H2,1H3;1H4;2H. The molecule has 0 aliphatic rings. The molecule has 0 unspecified atom stereocenters. The lowest BCUT2D eigenvalue weighted by molar-refractivity contribution is 0.340. The van der Waals surface area contributed by atoms with Gasteiger partial charge in [0.15, 0.2) is 7.12 Å². The molecule has 2 radical (unpaired) electrons. The zero-order valence-corrected chi connectivity index (χ0v) is 13.2. The summed E-state index contributed by atoms with van der Waals surface area (Å²) < 4.78 is 7.46. The molecule has 0 atom stereocenters. The molecule has 2 heterocycles. The number of benzene rings is 1. The van der Waals surface area contributed by atoms with E-state index in [0.717, 1.165) is 22.7 Å². The van der Waals surface area contributed by atoms with E-state index >= 15 is 0 Å². The van der Waals surface area contributed by atoms with Crippen LogP contribution >= 0.6 is 24.1 Å². The molecule has 0 bridgehead atoms. The van der Waals surface area contributed by atoms with E-state index in [-0.39, 0.29) is 7.43 Å². The Balaban J connectivity index is 0.000000775. The molecule has 3 aromatic rings. The fraction of sp³-hybridized carbons (Fsp3) is 0.188. The molecular weight excluding hydrogens is 315 g/mol. The summed E-state index contributed by atoms with van der Waals surface area (Å²) in [5, 5.41) is 0.691. The lowest BCUT2D eigenvalue weighted by atomic mass is 10.1. The van der Waals surface area contributed by atoms with Gasteiger partial charge in [-0.3, -0.25) is 4.40 Å². The summed E-state index contributed by atoms with van der Waals surface area (Å²) in [6, 6.07) is 11.7. The molecule has 2 aromatic heterocycles. The van der Waals surface area contributed by atoms with Gasteiger partial charge in [-0.1, -0.05) is 19.0 Å². The van der Waals surface area contributed by atoms with Gasteiger partial charge in [-0.2, -0.15) is 0 Å². The number of halogens is 1. The van der Waals surface area contributed by atoms with Gasteiger partial charge in [0.05, 0.1) is 18.5 Å². The van der Waals surface area contributed by atoms with E-state index < -0.39 is 0 Å². The third-order valence-corrected chi connectivity index (χ3v) is 3.17. The minimum Gasteiger partial charge on any atom is -0.494 e. The van der Waals surface area contributed by atoms with Gasteiger partial charge in [-0.25, -0.2) is 17.5 Å². The smallest absolute Gasteiger partial charge is 0.156 e. The Kier molecular flexibility index (Phi) is 7.35. The predicted octanol–water partition coefficient (Wildman–Crippen LogP) is 4.69. The van der Waals surface area contributed by atoms with Crippen molar-refractivity contribution in [3.8, 4) is 17.0 Å². The summed E-state index contributed by atoms with van der Waals surface area (Å²) in [7, 11) is 4.19. The summed E-state index contributed by atoms with van der Waals surface area (Å²) in [4.78, 5) is 4.36. The molecule has 0 aliphatic heterocycles. The normalized spacial score (nSPS) is 9.59. The van der Waals surface area contributed by atoms with Crippen LogP contribution in [0.2, 0.25) is 5.02 Å². The van der Waals surface area contributed by atoms with Crippen molar-refractivity contribution in [3.63, 3.8) is 0 Å². The Morgan fingerprint density at radius 1 is 1.23 bits per heavy atom. The van der Waals surface area contributed by atoms with Crippen molar-refractivity contribution in [3.05, 3.63) is 53.8 Å². The molecule has 0 saturated carbocycles. The number of aromatic nitrogens is 2. The fourth-order valence-electron chi connectivity index (χ4n) is 2.06. The third kappa shape index (κ3) is 3.99. The topological polar surface area (TPSA) is 26.5 Å². The van der Waals surface area contributed by atoms with Crippen LogP contribution in [0.4, 0.5) is 0 Å². The van der Waals surface area contributed by atoms with E-state index in [1.807, 2.05) is 60.1 Å². The Morgan fingerprint density at radius 2 is 1.91 bits per heavy atom. The summed E-state index contributed by atoms with van der Waals surface area (Å²) in [6.45, 7) is 2.65. The largest absolute Gasteiger partial charge is 0.494 e. The lowest BCUT2D eigenvalue weighted by Gasteiger charge is -2.05. The average molecular weight is 333 g/mol. The molecule has 0 fully saturated rings. The highest BCUT2D eigenvalue weighted by atomic mass is 35.5. The van der Waals surface area contributed by atoms with Crippen LogP contribution < -0.4 is 4.74 Å². The second kappa shape index (κ2) is 8.76. The Bertz CT molecular complexity index is 716. The highest BCUT2D eigenvalue weighted by Crippen LogP contribution is 2.24. The first-order chi connectivity index (χ1) is 10.3. The third-order valence-electron chi connectivity index (χ3n) is 2.94. The average Bonchev–Trinajstić information content (AvgIpc) is 2.93. The molecule has 1 aromatic carbocycles. The van der Waals surface area contributed by atoms with Crippen LogP contribution in [0.5, 0.6) is 5.75 Å². The van der Waals surface area contributed by atoms with Crippen molar-refractivity contribution < 1.29 is 4.74 Å². The minimum atomic E-state index is 0. The SMILES string of the molecule is C.CCOc1ccc(-c2cnc3cc(Cl)ccn23)cc1.[B]S. The molecule has 0 spiro atoms. The van der Waals surface area contributed by atoms with E-state index in [2.05, 4.69) is 24.6 Å². The highest BCUT2D eigenvalue weighted by Gasteiger charge is 2.06. The molecule has 0 saturated heterocycles. The van der Waals surface area contributed by atoms with Crippen molar-refractivity contribution in [2.45, 2.75) is 14.4 Å². The number of hydrogen-bond donors (Lipinski definition) is 1. The number of fused-ring (bicyclic) bond motifs is 1. The second-order valence-corrected chi connectivity index (χ2v) is 4.61. The van der Waals surface area contributed by atoms with Crippen LogP contribution in [0, 0.1) is 0 Å². The van der Waals surface area contributed by atoms with Crippen LogP contribution in [0.1, 0.15) is 14.4 Å². The van der Waals surface area contributed by atoms with Gasteiger partial charge in [-0.15, -0.1) is 0 Å². The first-order valence-corrected chi connectivity index (χ1v) is 7.29. The number of hydrogen-bond acceptors (Lipinski definition) is 3. The van der Waals surface area contributed by atoms with Crippen LogP contribution in [0.25, 0.3) is 16.9 Å². The van der Waals surface area contributed by atoms with Gasteiger partial charge in [-0.05, 0) is 37.3 Å². The molecule has 22 heavy (non-hydrogen) atoms. The van der Waals surface area contributed by atoms with Gasteiger partial charge < -0.3 is 4.74 Å². The van der Waals surface area contributed by atoms with Crippen molar-refractivity contribution in [1.29, 1.82) is 0 Å². The zero-order chi connectivity index (χ0) is 15.2. The molecule has 3 rings (SSSR count). The highest BCUT2D eigenvalue weighted by molar-refractivity contribution is 8.03. The quantitative estimate of drug-likeness (QED) is 0.556. The van der Waals surface area contributed by atoms with Gasteiger partial charge in [0.2, 0.25) is 0 Å². The van der Waals surface area contributed by atoms with Crippen LogP contribution in [-0.2, 0) is 0 Å². The van der Waals surface area contributed by atoms with Crippen LogP contribution in [-0.4, -0.2) is 23.1 Å². The first kappa shape index (κ1) is 18.5. The van der Waals surface area contributed by atoms with E-state index in [1.165, 1.54) is 0 Å². The molecule has 3 nitrogen and oxygen atoms in total. The summed E-state index contributed by atoms with van der Waals surface area (Å²) in [6.07, 6.45) is 3.78. The van der Waals surface area contributed by atoms with E-state index in [9.17, 15) is 0 Å². The number of thiol groups is 1. The number of nitrogens with zero attached hydrogens (tertiary/aromatic N) is 2. The minimum absolute atomic E-state index is 0. The Hall–Kier alpha value is -1.59. The zero-order valence-electron chi connectivity index (χ0n) is 11.5. The molecular formula is C16H18BClN2OS. The maximum Gasteiger partial charge on any atom is 0.156 e. The molecule has 0 aliphatic carbocycles. The molecule has 0 N–H and O–H groups in total. The summed E-state index contributed by atoms with van der Waals surface area (Å²) in [5.74, 6) is 0.878. The Morgan fingerprint density at radius 3 is 2.55 bits per heavy atom. The van der Waals surface area contributed by atoms with E-state index in [4.69, 9.17) is 16.3 Å². The Labute approximate surface area is 143 Å². The van der Waals surface area contributed by atoms with Gasteiger partial charge in [0.1, 0.15) is 11.4 Å². The van der Waals surface area contributed by atoms with Crippen LogP contribution in [0.15, 0.2) is 48.8 Å². The van der Waals surface area contributed by atoms with Gasteiger partial charge in [0, 0.05) is 22.8 Å². The monoisotopic (exact) mass is 332 g/mol. The van der Waals surface area contributed by atoms with Crippen molar-refractivity contribution in [2.24, 2.45) is 0 Å². The molecule has 6 heteroatoms. The van der Waals surface area contributed by atoms with Crippen LogP contribution in [0.3, 0.4) is 0 Å². The first-order valence-electron chi connectivity index (χ1n) is 6.39. The van der Waals surface area contributed by atoms with Crippen molar-refractivity contribution in [1.82, 2.24) is 9.38 Å². The van der Waals surface area contributed by atoms with Crippen molar-refractivity contribution in [2.75, 3.05) is 6.61 Å². The van der Waals surface area contributed by atoms with Gasteiger partial charge >= 0.3 is 0 Å². The lowest BCUT2D eigenvalue weighted by Crippen LogP contribution is -1.91. The fourth-order valence-corrected chi connectivity index (χ4v) is 2.21. The predicted molar refractivity (Wildman–Crippen MR) is 98.3 cm³/mol. The summed E-state index contributed by atoms with van der Waals surface area (Å²) in [5.41, 5.74) is 2.98. The van der Waals surface area contributed by atoms with E-state index in [1.54, 1.807) is 0 Å². The van der Waals surface area contributed by atoms with Gasteiger partial charge in [0.25, 0.3) is 0 Å². The molecule has 0 amide bonds. The number of pyridine rings is 1. The summed E-state index contributed by atoms with van der Waals surface area (Å²) >= 11 is 8.99. The maximum absolute atomic E-state index is 5.96. The number of imidazole rings is 1. The molecule has 114 valence electrons. The van der Waals surface area contributed by atoms with E-state index in [0.29, 0.717) is 11.6 Å².